The molecule has 1 atom stereocenters. The lowest BCUT2D eigenvalue weighted by atomic mass is 9.75. The molecule has 2 aliphatic carbocycles. The third-order valence-corrected chi connectivity index (χ3v) is 7.37. The Kier molecular flexibility index (Phi) is 9.69. The van der Waals surface area contributed by atoms with Crippen LogP contribution in [0.4, 0.5) is 0 Å². The molecule has 2 fully saturated rings. The number of hydrogen-bond acceptors (Lipinski definition) is 6. The van der Waals surface area contributed by atoms with Crippen LogP contribution in [0, 0.1) is 17.3 Å². The Bertz CT molecular complexity index is 871. The first-order valence-corrected chi connectivity index (χ1v) is 12.7. The van der Waals surface area contributed by atoms with Gasteiger partial charge < -0.3 is 19.9 Å². The van der Waals surface area contributed by atoms with E-state index in [0.29, 0.717) is 45.1 Å². The van der Waals surface area contributed by atoms with Crippen LogP contribution in [0.5, 0.6) is 0 Å². The van der Waals surface area contributed by atoms with Gasteiger partial charge in [0.1, 0.15) is 6.61 Å². The number of nitrogens with one attached hydrogen (secondary N) is 1. The van der Waals surface area contributed by atoms with Gasteiger partial charge in [0.05, 0.1) is 30.3 Å². The van der Waals surface area contributed by atoms with E-state index >= 15 is 0 Å². The number of rotatable bonds is 11. The van der Waals surface area contributed by atoms with Crippen molar-refractivity contribution in [3.05, 3.63) is 35.9 Å². The first kappa shape index (κ1) is 26.7. The van der Waals surface area contributed by atoms with Crippen LogP contribution in [0.2, 0.25) is 0 Å². The fourth-order valence-electron chi connectivity index (χ4n) is 5.36. The summed E-state index contributed by atoms with van der Waals surface area (Å²) in [6.45, 7) is 2.24. The summed E-state index contributed by atoms with van der Waals surface area (Å²) in [4.78, 5) is 49.8. The van der Waals surface area contributed by atoms with Crippen LogP contribution in [-0.4, -0.2) is 41.6 Å². The Morgan fingerprint density at radius 3 is 2.29 bits per heavy atom. The molecular weight excluding hydrogens is 450 g/mol. The molecule has 0 saturated heterocycles. The molecule has 192 valence electrons. The molecule has 0 spiro atoms. The quantitative estimate of drug-likeness (QED) is 0.453. The van der Waals surface area contributed by atoms with Crippen LogP contribution < -0.4 is 5.32 Å². The maximum atomic E-state index is 13.4. The van der Waals surface area contributed by atoms with E-state index in [4.69, 9.17) is 9.47 Å². The van der Waals surface area contributed by atoms with E-state index in [1.165, 1.54) is 0 Å². The first-order valence-electron chi connectivity index (χ1n) is 12.7. The number of ether oxygens (including phenoxy) is 2. The van der Waals surface area contributed by atoms with Crippen molar-refractivity contribution in [2.24, 2.45) is 17.3 Å². The van der Waals surface area contributed by atoms with Crippen LogP contribution in [0.1, 0.15) is 76.7 Å². The van der Waals surface area contributed by atoms with E-state index in [0.717, 1.165) is 18.4 Å². The number of carbonyl (C=O) groups is 4. The van der Waals surface area contributed by atoms with Crippen LogP contribution in [0.3, 0.4) is 0 Å². The zero-order chi connectivity index (χ0) is 25.3. The fourth-order valence-corrected chi connectivity index (χ4v) is 5.36. The standard InChI is InChI=1S/C27H37NO7/c1-2-34-25(32)20-10-12-22(13-11-20)28-26(33)27(14-6-7-15-27)17-21(24(30)31)16-23(29)35-18-19-8-4-3-5-9-19/h3-5,8-9,20-22H,2,6-7,10-18H2,1H3,(H,28,33)(H,30,31). The molecule has 0 aliphatic heterocycles. The highest BCUT2D eigenvalue weighted by molar-refractivity contribution is 5.85. The van der Waals surface area contributed by atoms with Gasteiger partial charge in [0.2, 0.25) is 5.91 Å². The van der Waals surface area contributed by atoms with E-state index in [-0.39, 0.29) is 43.3 Å². The third-order valence-electron chi connectivity index (χ3n) is 7.37. The van der Waals surface area contributed by atoms with Crippen molar-refractivity contribution in [2.75, 3.05) is 6.61 Å². The second-order valence-electron chi connectivity index (χ2n) is 9.85. The molecule has 2 aliphatic rings. The molecular formula is C27H37NO7. The number of amides is 1. The van der Waals surface area contributed by atoms with Crippen LogP contribution in [0.25, 0.3) is 0 Å². The second-order valence-corrected chi connectivity index (χ2v) is 9.85. The predicted octanol–water partition coefficient (Wildman–Crippen LogP) is 4.01. The molecule has 1 unspecified atom stereocenters. The summed E-state index contributed by atoms with van der Waals surface area (Å²) in [7, 11) is 0. The Balaban J connectivity index is 1.56. The molecule has 3 rings (SSSR count). The van der Waals surface area contributed by atoms with Gasteiger partial charge >= 0.3 is 17.9 Å². The lowest BCUT2D eigenvalue weighted by molar-refractivity contribution is -0.154. The minimum atomic E-state index is -1.09. The van der Waals surface area contributed by atoms with Crippen molar-refractivity contribution >= 4 is 23.8 Å². The van der Waals surface area contributed by atoms with E-state index in [1.54, 1.807) is 6.92 Å². The largest absolute Gasteiger partial charge is 0.481 e. The van der Waals surface area contributed by atoms with Crippen molar-refractivity contribution in [3.63, 3.8) is 0 Å². The van der Waals surface area contributed by atoms with Crippen molar-refractivity contribution in [1.29, 1.82) is 0 Å². The van der Waals surface area contributed by atoms with Crippen LogP contribution in [0.15, 0.2) is 30.3 Å². The maximum Gasteiger partial charge on any atom is 0.308 e. The fraction of sp³-hybridized carbons (Fsp3) is 0.630. The Morgan fingerprint density at radius 1 is 1.03 bits per heavy atom. The zero-order valence-electron chi connectivity index (χ0n) is 20.5. The molecule has 2 saturated carbocycles. The minimum Gasteiger partial charge on any atom is -0.481 e. The summed E-state index contributed by atoms with van der Waals surface area (Å²) in [6.07, 6.45) is 5.51. The average Bonchev–Trinajstić information content (AvgIpc) is 3.33. The second kappa shape index (κ2) is 12.7. The van der Waals surface area contributed by atoms with Gasteiger partial charge in [0.15, 0.2) is 0 Å². The van der Waals surface area contributed by atoms with E-state index in [1.807, 2.05) is 30.3 Å². The number of carboxylic acids is 1. The lowest BCUT2D eigenvalue weighted by Crippen LogP contribution is -2.47. The van der Waals surface area contributed by atoms with Gasteiger partial charge in [-0.25, -0.2) is 0 Å². The van der Waals surface area contributed by atoms with Crippen molar-refractivity contribution in [1.82, 2.24) is 5.32 Å². The molecule has 0 radical (unpaired) electrons. The first-order chi connectivity index (χ1) is 16.8. The van der Waals surface area contributed by atoms with Crippen molar-refractivity contribution in [3.8, 4) is 0 Å². The predicted molar refractivity (Wildman–Crippen MR) is 128 cm³/mol. The maximum absolute atomic E-state index is 13.4. The summed E-state index contributed by atoms with van der Waals surface area (Å²) < 4.78 is 10.4. The summed E-state index contributed by atoms with van der Waals surface area (Å²) in [6, 6.07) is 9.18. The monoisotopic (exact) mass is 487 g/mol. The SMILES string of the molecule is CCOC(=O)C1CCC(NC(=O)C2(CC(CC(=O)OCc3ccccc3)C(=O)O)CCCC2)CC1. The van der Waals surface area contributed by atoms with Crippen molar-refractivity contribution in [2.45, 2.75) is 83.8 Å². The molecule has 1 aromatic carbocycles. The lowest BCUT2D eigenvalue weighted by Gasteiger charge is -2.34. The molecule has 8 nitrogen and oxygen atoms in total. The molecule has 0 heterocycles. The average molecular weight is 488 g/mol. The van der Waals surface area contributed by atoms with E-state index in [9.17, 15) is 24.3 Å². The van der Waals surface area contributed by atoms with E-state index in [2.05, 4.69) is 5.32 Å². The topological polar surface area (TPSA) is 119 Å². The smallest absolute Gasteiger partial charge is 0.308 e. The van der Waals surface area contributed by atoms with Crippen molar-refractivity contribution < 1.29 is 33.8 Å². The molecule has 35 heavy (non-hydrogen) atoms. The van der Waals surface area contributed by atoms with Gasteiger partial charge in [-0.2, -0.15) is 0 Å². The molecule has 1 aromatic rings. The van der Waals surface area contributed by atoms with Crippen LogP contribution in [-0.2, 0) is 35.3 Å². The van der Waals surface area contributed by atoms with Gasteiger partial charge in [-0.05, 0) is 57.4 Å². The molecule has 0 bridgehead atoms. The van der Waals surface area contributed by atoms with Gasteiger partial charge in [0.25, 0.3) is 0 Å². The molecule has 2 N–H and O–H groups in total. The number of aliphatic carboxylic acids is 1. The normalized spacial score (nSPS) is 22.1. The number of hydrogen-bond donors (Lipinski definition) is 2. The number of benzene rings is 1. The summed E-state index contributed by atoms with van der Waals surface area (Å²) in [5.74, 6) is -3.07. The Labute approximate surface area is 206 Å². The summed E-state index contributed by atoms with van der Waals surface area (Å²) in [5.41, 5.74) is 0.0397. The number of esters is 2. The van der Waals surface area contributed by atoms with Gasteiger partial charge in [-0.15, -0.1) is 0 Å². The summed E-state index contributed by atoms with van der Waals surface area (Å²) >= 11 is 0. The van der Waals surface area contributed by atoms with Gasteiger partial charge in [-0.1, -0.05) is 43.2 Å². The minimum absolute atomic E-state index is 0.0373. The Morgan fingerprint density at radius 2 is 1.69 bits per heavy atom. The Hall–Kier alpha value is -2.90. The molecule has 8 heteroatoms. The molecule has 1 amide bonds. The summed E-state index contributed by atoms with van der Waals surface area (Å²) in [5, 5.41) is 13.0. The highest BCUT2D eigenvalue weighted by atomic mass is 16.5. The van der Waals surface area contributed by atoms with Crippen LogP contribution >= 0.6 is 0 Å². The van der Waals surface area contributed by atoms with E-state index < -0.39 is 23.3 Å². The highest BCUT2D eigenvalue weighted by Gasteiger charge is 2.45. The third kappa shape index (κ3) is 7.54. The van der Waals surface area contributed by atoms with Gasteiger partial charge in [0, 0.05) is 6.04 Å². The molecule has 0 aromatic heterocycles. The number of carboxylic acid groups (broad SMARTS) is 1. The number of carbonyl (C=O) groups excluding carboxylic acids is 3. The highest BCUT2D eigenvalue weighted by Crippen LogP contribution is 2.44. The van der Waals surface area contributed by atoms with Gasteiger partial charge in [-0.3, -0.25) is 19.2 Å². The zero-order valence-corrected chi connectivity index (χ0v) is 20.5.